The lowest BCUT2D eigenvalue weighted by Gasteiger charge is -2.18. The molecular formula is C20H26N4O3. The second-order valence-corrected chi connectivity index (χ2v) is 5.98. The molecule has 7 heteroatoms. The fourth-order valence-corrected chi connectivity index (χ4v) is 2.38. The molecule has 2 aromatic rings. The number of nitrogens with one attached hydrogen (secondary N) is 2. The van der Waals surface area contributed by atoms with Gasteiger partial charge in [0.1, 0.15) is 17.6 Å². The van der Waals surface area contributed by atoms with Crippen LogP contribution < -0.4 is 25.8 Å². The first-order chi connectivity index (χ1) is 13.0. The summed E-state index contributed by atoms with van der Waals surface area (Å²) in [7, 11) is 3.33. The van der Waals surface area contributed by atoms with Crippen molar-refractivity contribution in [2.24, 2.45) is 10.7 Å². The zero-order valence-corrected chi connectivity index (χ0v) is 15.9. The highest BCUT2D eigenvalue weighted by Gasteiger charge is 2.07. The van der Waals surface area contributed by atoms with Crippen LogP contribution in [-0.2, 0) is 6.54 Å². The van der Waals surface area contributed by atoms with Crippen LogP contribution in [0.3, 0.4) is 0 Å². The third kappa shape index (κ3) is 6.54. The molecule has 2 aromatic carbocycles. The van der Waals surface area contributed by atoms with E-state index in [2.05, 4.69) is 15.6 Å². The molecule has 7 nitrogen and oxygen atoms in total. The highest BCUT2D eigenvalue weighted by molar-refractivity contribution is 5.92. The van der Waals surface area contributed by atoms with Crippen LogP contribution in [0.4, 0.5) is 0 Å². The second kappa shape index (κ2) is 10.1. The second-order valence-electron chi connectivity index (χ2n) is 5.98. The number of methoxy groups -OCH3 is 1. The van der Waals surface area contributed by atoms with Gasteiger partial charge in [-0.05, 0) is 36.8 Å². The Morgan fingerprint density at radius 3 is 2.48 bits per heavy atom. The summed E-state index contributed by atoms with van der Waals surface area (Å²) < 4.78 is 11.1. The topological polar surface area (TPSA) is 98.0 Å². The van der Waals surface area contributed by atoms with Crippen LogP contribution in [0.1, 0.15) is 22.8 Å². The molecule has 0 fully saturated rings. The van der Waals surface area contributed by atoms with E-state index in [4.69, 9.17) is 15.2 Å². The first-order valence-electron chi connectivity index (χ1n) is 8.65. The van der Waals surface area contributed by atoms with Crippen LogP contribution in [0.2, 0.25) is 0 Å². The minimum Gasteiger partial charge on any atom is -0.497 e. The number of amides is 1. The largest absolute Gasteiger partial charge is 0.497 e. The molecule has 4 N–H and O–H groups in total. The SMILES string of the molecule is CN=C(NCc1ccc(C(N)=O)cc1)NCC(C)Oc1cccc(OC)c1. The molecule has 0 heterocycles. The summed E-state index contributed by atoms with van der Waals surface area (Å²) in [5, 5.41) is 6.45. The van der Waals surface area contributed by atoms with Gasteiger partial charge in [-0.3, -0.25) is 9.79 Å². The number of primary amides is 1. The van der Waals surface area contributed by atoms with Gasteiger partial charge >= 0.3 is 0 Å². The Bertz CT molecular complexity index is 775. The van der Waals surface area contributed by atoms with E-state index >= 15 is 0 Å². The number of guanidine groups is 1. The van der Waals surface area contributed by atoms with Crippen LogP contribution in [0, 0.1) is 0 Å². The van der Waals surface area contributed by atoms with Crippen molar-refractivity contribution >= 4 is 11.9 Å². The normalized spacial score (nSPS) is 12.2. The van der Waals surface area contributed by atoms with Crippen molar-refractivity contribution in [3.05, 3.63) is 59.7 Å². The zero-order chi connectivity index (χ0) is 19.6. The molecule has 1 atom stereocenters. The summed E-state index contributed by atoms with van der Waals surface area (Å²) >= 11 is 0. The van der Waals surface area contributed by atoms with Crippen molar-refractivity contribution in [3.8, 4) is 11.5 Å². The van der Waals surface area contributed by atoms with E-state index in [0.717, 1.165) is 17.1 Å². The number of rotatable bonds is 8. The van der Waals surface area contributed by atoms with Gasteiger partial charge < -0.3 is 25.8 Å². The van der Waals surface area contributed by atoms with Gasteiger partial charge in [0.25, 0.3) is 0 Å². The van der Waals surface area contributed by atoms with E-state index in [9.17, 15) is 4.79 Å². The number of hydrogen-bond donors (Lipinski definition) is 3. The molecule has 0 aliphatic carbocycles. The monoisotopic (exact) mass is 370 g/mol. The van der Waals surface area contributed by atoms with Crippen molar-refractivity contribution in [1.82, 2.24) is 10.6 Å². The minimum absolute atomic E-state index is 0.0643. The van der Waals surface area contributed by atoms with E-state index in [-0.39, 0.29) is 6.10 Å². The standard InChI is InChI=1S/C20H26N4O3/c1-14(27-18-6-4-5-17(11-18)26-3)12-23-20(22-2)24-13-15-7-9-16(10-8-15)19(21)25/h4-11,14H,12-13H2,1-3H3,(H2,21,25)(H2,22,23,24). The molecule has 0 aromatic heterocycles. The number of benzene rings is 2. The van der Waals surface area contributed by atoms with Crippen LogP contribution >= 0.6 is 0 Å². The molecule has 27 heavy (non-hydrogen) atoms. The molecule has 0 spiro atoms. The number of carbonyl (C=O) groups is 1. The predicted octanol–water partition coefficient (Wildman–Crippen LogP) is 1.93. The van der Waals surface area contributed by atoms with Crippen LogP contribution in [-0.4, -0.2) is 38.7 Å². The molecule has 0 saturated carbocycles. The van der Waals surface area contributed by atoms with Crippen molar-refractivity contribution in [2.75, 3.05) is 20.7 Å². The molecular weight excluding hydrogens is 344 g/mol. The maximum absolute atomic E-state index is 11.1. The first kappa shape index (κ1) is 20.1. The minimum atomic E-state index is -0.433. The van der Waals surface area contributed by atoms with Crippen LogP contribution in [0.15, 0.2) is 53.5 Å². The Kier molecular flexibility index (Phi) is 7.49. The molecule has 0 saturated heterocycles. The number of hydrogen-bond acceptors (Lipinski definition) is 4. The van der Waals surface area contributed by atoms with Crippen LogP contribution in [0.25, 0.3) is 0 Å². The van der Waals surface area contributed by atoms with Gasteiger partial charge in [-0.15, -0.1) is 0 Å². The summed E-state index contributed by atoms with van der Waals surface area (Å²) in [5.41, 5.74) is 6.75. The van der Waals surface area contributed by atoms with Gasteiger partial charge in [-0.2, -0.15) is 0 Å². The van der Waals surface area contributed by atoms with Gasteiger partial charge in [-0.25, -0.2) is 0 Å². The van der Waals surface area contributed by atoms with Gasteiger partial charge in [0.15, 0.2) is 5.96 Å². The number of nitrogens with two attached hydrogens (primary N) is 1. The Morgan fingerprint density at radius 2 is 1.85 bits per heavy atom. The zero-order valence-electron chi connectivity index (χ0n) is 15.9. The maximum Gasteiger partial charge on any atom is 0.248 e. The lowest BCUT2D eigenvalue weighted by Crippen LogP contribution is -2.41. The molecule has 144 valence electrons. The number of nitrogens with zero attached hydrogens (tertiary/aromatic N) is 1. The summed E-state index contributed by atoms with van der Waals surface area (Å²) in [5.74, 6) is 1.74. The average molecular weight is 370 g/mol. The summed E-state index contributed by atoms with van der Waals surface area (Å²) in [4.78, 5) is 15.3. The number of carbonyl (C=O) groups excluding carboxylic acids is 1. The van der Waals surface area contributed by atoms with E-state index in [1.165, 1.54) is 0 Å². The van der Waals surface area contributed by atoms with Crippen molar-refractivity contribution in [1.29, 1.82) is 0 Å². The highest BCUT2D eigenvalue weighted by Crippen LogP contribution is 2.19. The maximum atomic E-state index is 11.1. The molecule has 0 aliphatic heterocycles. The number of ether oxygens (including phenoxy) is 2. The summed E-state index contributed by atoms with van der Waals surface area (Å²) in [6.45, 7) is 3.13. The van der Waals surface area contributed by atoms with E-state index in [1.807, 2.05) is 43.3 Å². The van der Waals surface area contributed by atoms with Crippen molar-refractivity contribution in [3.63, 3.8) is 0 Å². The Labute approximate surface area is 159 Å². The quantitative estimate of drug-likeness (QED) is 0.487. The molecule has 1 unspecified atom stereocenters. The predicted molar refractivity (Wildman–Crippen MR) is 106 cm³/mol. The fraction of sp³-hybridized carbons (Fsp3) is 0.300. The smallest absolute Gasteiger partial charge is 0.248 e. The van der Waals surface area contributed by atoms with Gasteiger partial charge in [-0.1, -0.05) is 18.2 Å². The average Bonchev–Trinajstić information content (AvgIpc) is 2.68. The third-order valence-electron chi connectivity index (χ3n) is 3.86. The fourth-order valence-electron chi connectivity index (χ4n) is 2.38. The van der Waals surface area contributed by atoms with E-state index in [1.54, 1.807) is 26.3 Å². The van der Waals surface area contributed by atoms with Crippen LogP contribution in [0.5, 0.6) is 11.5 Å². The Morgan fingerprint density at radius 1 is 1.15 bits per heavy atom. The molecule has 2 rings (SSSR count). The van der Waals surface area contributed by atoms with Crippen molar-refractivity contribution in [2.45, 2.75) is 19.6 Å². The molecule has 0 bridgehead atoms. The Balaban J connectivity index is 1.79. The van der Waals surface area contributed by atoms with Gasteiger partial charge in [0.2, 0.25) is 5.91 Å². The summed E-state index contributed by atoms with van der Waals surface area (Å²) in [6, 6.07) is 14.6. The number of aliphatic imine (C=N–C) groups is 1. The first-order valence-corrected chi connectivity index (χ1v) is 8.65. The van der Waals surface area contributed by atoms with Gasteiger partial charge in [0, 0.05) is 25.2 Å². The van der Waals surface area contributed by atoms with E-state index in [0.29, 0.717) is 24.6 Å². The molecule has 0 aliphatic rings. The van der Waals surface area contributed by atoms with Crippen molar-refractivity contribution < 1.29 is 14.3 Å². The lowest BCUT2D eigenvalue weighted by atomic mass is 10.1. The molecule has 0 radical (unpaired) electrons. The lowest BCUT2D eigenvalue weighted by molar-refractivity contribution is 0.100. The highest BCUT2D eigenvalue weighted by atomic mass is 16.5. The summed E-state index contributed by atoms with van der Waals surface area (Å²) in [6.07, 6.45) is -0.0643. The molecule has 1 amide bonds. The third-order valence-corrected chi connectivity index (χ3v) is 3.86. The van der Waals surface area contributed by atoms with Gasteiger partial charge in [0.05, 0.1) is 13.7 Å². The Hall–Kier alpha value is -3.22. The van der Waals surface area contributed by atoms with E-state index < -0.39 is 5.91 Å².